The van der Waals surface area contributed by atoms with Crippen molar-refractivity contribution in [3.05, 3.63) is 34.5 Å². The van der Waals surface area contributed by atoms with Gasteiger partial charge < -0.3 is 5.73 Å². The molecule has 0 unspecified atom stereocenters. The highest BCUT2D eigenvalue weighted by Crippen LogP contribution is 2.20. The van der Waals surface area contributed by atoms with Gasteiger partial charge in [-0.3, -0.25) is 0 Å². The minimum atomic E-state index is 0.276. The predicted octanol–water partition coefficient (Wildman–Crippen LogP) is 1.43. The van der Waals surface area contributed by atoms with Crippen LogP contribution in [0.25, 0.3) is 5.82 Å². The van der Waals surface area contributed by atoms with Crippen LogP contribution in [0.5, 0.6) is 0 Å². The third-order valence-corrected chi connectivity index (χ3v) is 2.21. The predicted molar refractivity (Wildman–Crippen MR) is 57.1 cm³/mol. The van der Waals surface area contributed by atoms with Gasteiger partial charge in [0, 0.05) is 6.20 Å². The monoisotopic (exact) mass is 243 g/mol. The van der Waals surface area contributed by atoms with Crippen LogP contribution in [0.1, 0.15) is 5.82 Å². The first-order chi connectivity index (χ1) is 7.20. The summed E-state index contributed by atoms with van der Waals surface area (Å²) in [6.07, 6.45) is 3.00. The lowest BCUT2D eigenvalue weighted by Gasteiger charge is -2.01. The Hall–Kier alpha value is -1.17. The normalized spacial score (nSPS) is 10.6. The Morgan fingerprint density at radius 3 is 2.73 bits per heavy atom. The van der Waals surface area contributed by atoms with Crippen molar-refractivity contribution in [2.45, 2.75) is 6.54 Å². The molecular weight excluding hydrogens is 237 g/mol. The number of halogens is 2. The Morgan fingerprint density at radius 1 is 1.33 bits per heavy atom. The third-order valence-electron chi connectivity index (χ3n) is 1.73. The zero-order valence-corrected chi connectivity index (χ0v) is 9.07. The van der Waals surface area contributed by atoms with Crippen LogP contribution in [0.4, 0.5) is 0 Å². The van der Waals surface area contributed by atoms with E-state index in [0.29, 0.717) is 21.7 Å². The first kappa shape index (κ1) is 10.4. The maximum Gasteiger partial charge on any atom is 0.174 e. The van der Waals surface area contributed by atoms with E-state index in [2.05, 4.69) is 15.1 Å². The molecule has 2 aromatic rings. The Morgan fingerprint density at radius 2 is 2.13 bits per heavy atom. The van der Waals surface area contributed by atoms with Crippen molar-refractivity contribution in [3.8, 4) is 5.82 Å². The molecule has 5 nitrogen and oxygen atoms in total. The Kier molecular flexibility index (Phi) is 2.86. The topological polar surface area (TPSA) is 69.6 Å². The van der Waals surface area contributed by atoms with E-state index >= 15 is 0 Å². The summed E-state index contributed by atoms with van der Waals surface area (Å²) in [6, 6.07) is 1.59. The van der Waals surface area contributed by atoms with Crippen LogP contribution in [0, 0.1) is 0 Å². The number of rotatable bonds is 2. The van der Waals surface area contributed by atoms with Gasteiger partial charge in [0.2, 0.25) is 0 Å². The minimum absolute atomic E-state index is 0.276. The van der Waals surface area contributed by atoms with Gasteiger partial charge in [-0.2, -0.15) is 0 Å². The molecule has 0 atom stereocenters. The molecule has 0 radical (unpaired) electrons. The third kappa shape index (κ3) is 2.09. The second-order valence-electron chi connectivity index (χ2n) is 2.77. The van der Waals surface area contributed by atoms with E-state index in [4.69, 9.17) is 28.9 Å². The van der Waals surface area contributed by atoms with Gasteiger partial charge in [0.05, 0.1) is 16.6 Å². The summed E-state index contributed by atoms with van der Waals surface area (Å²) >= 11 is 11.7. The average Bonchev–Trinajstić information content (AvgIpc) is 2.66. The summed E-state index contributed by atoms with van der Waals surface area (Å²) in [4.78, 5) is 8.02. The molecule has 0 amide bonds. The van der Waals surface area contributed by atoms with Gasteiger partial charge in [0.1, 0.15) is 6.33 Å². The number of hydrogen-bond acceptors (Lipinski definition) is 4. The molecule has 0 saturated heterocycles. The largest absolute Gasteiger partial charge is 0.324 e. The molecule has 0 aliphatic heterocycles. The Bertz CT molecular complexity index is 482. The molecular formula is C8H7Cl2N5. The van der Waals surface area contributed by atoms with Crippen molar-refractivity contribution in [1.29, 1.82) is 0 Å². The standard InChI is InChI=1S/C8H7Cl2N5/c9-5-1-6(10)8(12-3-5)15-4-13-7(2-11)14-15/h1,3-4H,2,11H2. The Labute approximate surface area is 95.8 Å². The summed E-state index contributed by atoms with van der Waals surface area (Å²) in [5, 5.41) is 4.97. The zero-order chi connectivity index (χ0) is 10.8. The first-order valence-corrected chi connectivity index (χ1v) is 4.88. The quantitative estimate of drug-likeness (QED) is 0.867. The summed E-state index contributed by atoms with van der Waals surface area (Å²) in [6.45, 7) is 0.276. The molecule has 7 heteroatoms. The van der Waals surface area contributed by atoms with Crippen LogP contribution in [0.15, 0.2) is 18.6 Å². The maximum atomic E-state index is 5.95. The molecule has 0 fully saturated rings. The molecule has 2 N–H and O–H groups in total. The lowest BCUT2D eigenvalue weighted by molar-refractivity contribution is 0.809. The fraction of sp³-hybridized carbons (Fsp3) is 0.125. The van der Waals surface area contributed by atoms with Crippen molar-refractivity contribution in [2.24, 2.45) is 5.73 Å². The molecule has 2 aromatic heterocycles. The van der Waals surface area contributed by atoms with Crippen molar-refractivity contribution in [2.75, 3.05) is 0 Å². The molecule has 0 spiro atoms. The van der Waals surface area contributed by atoms with E-state index in [0.717, 1.165) is 0 Å². The number of hydrogen-bond donors (Lipinski definition) is 1. The van der Waals surface area contributed by atoms with E-state index in [-0.39, 0.29) is 6.54 Å². The first-order valence-electron chi connectivity index (χ1n) is 4.12. The van der Waals surface area contributed by atoms with E-state index in [9.17, 15) is 0 Å². The molecule has 2 rings (SSSR count). The van der Waals surface area contributed by atoms with Crippen LogP contribution in [-0.2, 0) is 6.54 Å². The number of pyridine rings is 1. The summed E-state index contributed by atoms with van der Waals surface area (Å²) < 4.78 is 1.46. The highest BCUT2D eigenvalue weighted by molar-refractivity contribution is 6.35. The zero-order valence-electron chi connectivity index (χ0n) is 7.56. The summed E-state index contributed by atoms with van der Waals surface area (Å²) in [5.74, 6) is 1.01. The van der Waals surface area contributed by atoms with Gasteiger partial charge in [0.15, 0.2) is 11.6 Å². The lowest BCUT2D eigenvalue weighted by Crippen LogP contribution is -2.02. The summed E-state index contributed by atoms with van der Waals surface area (Å²) in [5.41, 5.74) is 5.39. The second-order valence-corrected chi connectivity index (χ2v) is 3.61. The van der Waals surface area contributed by atoms with Gasteiger partial charge in [-0.15, -0.1) is 5.10 Å². The fourth-order valence-electron chi connectivity index (χ4n) is 1.07. The van der Waals surface area contributed by atoms with Crippen molar-refractivity contribution in [1.82, 2.24) is 19.7 Å². The van der Waals surface area contributed by atoms with Gasteiger partial charge in [-0.25, -0.2) is 14.6 Å². The summed E-state index contributed by atoms with van der Waals surface area (Å²) in [7, 11) is 0. The molecule has 0 saturated carbocycles. The highest BCUT2D eigenvalue weighted by Gasteiger charge is 2.07. The molecule has 15 heavy (non-hydrogen) atoms. The molecule has 0 aliphatic rings. The maximum absolute atomic E-state index is 5.95. The van der Waals surface area contributed by atoms with Gasteiger partial charge in [-0.05, 0) is 6.07 Å². The van der Waals surface area contributed by atoms with Crippen LogP contribution in [0.3, 0.4) is 0 Å². The van der Waals surface area contributed by atoms with Crippen LogP contribution in [-0.4, -0.2) is 19.7 Å². The minimum Gasteiger partial charge on any atom is -0.324 e. The van der Waals surface area contributed by atoms with Gasteiger partial charge >= 0.3 is 0 Å². The van der Waals surface area contributed by atoms with Crippen LogP contribution >= 0.6 is 23.2 Å². The number of aromatic nitrogens is 4. The second kappa shape index (κ2) is 4.14. The number of nitrogens with two attached hydrogens (primary N) is 1. The van der Waals surface area contributed by atoms with E-state index in [1.807, 2.05) is 0 Å². The van der Waals surface area contributed by atoms with Crippen LogP contribution in [0.2, 0.25) is 10.0 Å². The molecule has 0 aliphatic carbocycles. The van der Waals surface area contributed by atoms with E-state index in [1.54, 1.807) is 6.07 Å². The Balaban J connectivity index is 2.44. The smallest absolute Gasteiger partial charge is 0.174 e. The number of nitrogens with zero attached hydrogens (tertiary/aromatic N) is 4. The van der Waals surface area contributed by atoms with Crippen LogP contribution < -0.4 is 5.73 Å². The van der Waals surface area contributed by atoms with Crippen molar-refractivity contribution in [3.63, 3.8) is 0 Å². The molecule has 78 valence electrons. The van der Waals surface area contributed by atoms with Gasteiger partial charge in [-0.1, -0.05) is 23.2 Å². The highest BCUT2D eigenvalue weighted by atomic mass is 35.5. The van der Waals surface area contributed by atoms with Crippen molar-refractivity contribution < 1.29 is 0 Å². The molecule has 2 heterocycles. The van der Waals surface area contributed by atoms with E-state index < -0.39 is 0 Å². The van der Waals surface area contributed by atoms with Gasteiger partial charge in [0.25, 0.3) is 0 Å². The fourth-order valence-corrected chi connectivity index (χ4v) is 1.54. The average molecular weight is 244 g/mol. The SMILES string of the molecule is NCc1ncn(-c2ncc(Cl)cc2Cl)n1. The molecule has 0 bridgehead atoms. The van der Waals surface area contributed by atoms with Crippen molar-refractivity contribution >= 4 is 23.2 Å². The van der Waals surface area contributed by atoms with E-state index in [1.165, 1.54) is 17.2 Å². The molecule has 0 aromatic carbocycles. The lowest BCUT2D eigenvalue weighted by atomic mass is 10.4.